The molecule has 5 heteroatoms. The van der Waals surface area contributed by atoms with Gasteiger partial charge in [-0.1, -0.05) is 35.3 Å². The number of anilines is 1. The van der Waals surface area contributed by atoms with Gasteiger partial charge in [-0.15, -0.1) is 0 Å². The summed E-state index contributed by atoms with van der Waals surface area (Å²) in [6.45, 7) is 2.05. The lowest BCUT2D eigenvalue weighted by atomic mass is 10.1. The number of rotatable bonds is 4. The quantitative estimate of drug-likeness (QED) is 0.715. The molecule has 0 spiro atoms. The van der Waals surface area contributed by atoms with Crippen LogP contribution in [0.5, 0.6) is 5.75 Å². The van der Waals surface area contributed by atoms with Crippen molar-refractivity contribution in [2.24, 2.45) is 0 Å². The molecule has 20 heavy (non-hydrogen) atoms. The molecule has 0 fully saturated rings. The van der Waals surface area contributed by atoms with Gasteiger partial charge >= 0.3 is 0 Å². The molecule has 0 aliphatic rings. The van der Waals surface area contributed by atoms with Gasteiger partial charge in [0.15, 0.2) is 0 Å². The molecular weight excluding hydrogens is 361 g/mol. The van der Waals surface area contributed by atoms with Gasteiger partial charge in [-0.3, -0.25) is 0 Å². The van der Waals surface area contributed by atoms with E-state index < -0.39 is 0 Å². The maximum atomic E-state index is 6.16. The molecule has 2 aromatic rings. The Morgan fingerprint density at radius 3 is 2.35 bits per heavy atom. The van der Waals surface area contributed by atoms with E-state index in [-0.39, 0.29) is 6.04 Å². The van der Waals surface area contributed by atoms with Crippen molar-refractivity contribution < 1.29 is 4.74 Å². The van der Waals surface area contributed by atoms with Crippen LogP contribution in [0.2, 0.25) is 10.0 Å². The predicted molar refractivity (Wildman–Crippen MR) is 89.2 cm³/mol. The van der Waals surface area contributed by atoms with Crippen molar-refractivity contribution in [1.82, 2.24) is 0 Å². The summed E-state index contributed by atoms with van der Waals surface area (Å²) in [6, 6.07) is 11.5. The fourth-order valence-corrected chi connectivity index (χ4v) is 2.95. The van der Waals surface area contributed by atoms with Crippen molar-refractivity contribution in [3.05, 3.63) is 56.5 Å². The van der Waals surface area contributed by atoms with E-state index in [9.17, 15) is 0 Å². The van der Waals surface area contributed by atoms with E-state index in [1.165, 1.54) is 0 Å². The normalized spacial score (nSPS) is 12.1. The van der Waals surface area contributed by atoms with Gasteiger partial charge in [-0.2, -0.15) is 0 Å². The standard InChI is InChI=1S/C15H14BrCl2NO/c1-9(10-6-7-14(20-2)11(16)8-10)19-15-12(17)4-3-5-13(15)18/h3-9,19H,1-2H3. The van der Waals surface area contributed by atoms with E-state index in [0.717, 1.165) is 21.5 Å². The molecule has 0 radical (unpaired) electrons. The molecule has 0 aliphatic heterocycles. The van der Waals surface area contributed by atoms with Gasteiger partial charge in [-0.25, -0.2) is 0 Å². The second-order valence-electron chi connectivity index (χ2n) is 4.36. The predicted octanol–water partition coefficient (Wildman–Crippen LogP) is 5.94. The highest BCUT2D eigenvalue weighted by molar-refractivity contribution is 9.10. The highest BCUT2D eigenvalue weighted by atomic mass is 79.9. The molecule has 0 aliphatic carbocycles. The van der Waals surface area contributed by atoms with Crippen LogP contribution < -0.4 is 10.1 Å². The first-order chi connectivity index (χ1) is 9.52. The van der Waals surface area contributed by atoms with E-state index in [0.29, 0.717) is 10.0 Å². The van der Waals surface area contributed by atoms with Gasteiger partial charge in [0.1, 0.15) is 5.75 Å². The Morgan fingerprint density at radius 1 is 1.15 bits per heavy atom. The van der Waals surface area contributed by atoms with Crippen LogP contribution in [0.4, 0.5) is 5.69 Å². The molecule has 0 aromatic heterocycles. The minimum Gasteiger partial charge on any atom is -0.496 e. The molecule has 106 valence electrons. The monoisotopic (exact) mass is 373 g/mol. The van der Waals surface area contributed by atoms with Gasteiger partial charge in [0, 0.05) is 6.04 Å². The van der Waals surface area contributed by atoms with E-state index in [2.05, 4.69) is 21.2 Å². The minimum atomic E-state index is 0.0645. The Labute approximate surface area is 137 Å². The van der Waals surface area contributed by atoms with Crippen molar-refractivity contribution in [3.8, 4) is 5.75 Å². The number of benzene rings is 2. The van der Waals surface area contributed by atoms with Crippen molar-refractivity contribution in [3.63, 3.8) is 0 Å². The number of halogens is 3. The van der Waals surface area contributed by atoms with Crippen molar-refractivity contribution >= 4 is 44.8 Å². The number of methoxy groups -OCH3 is 1. The summed E-state index contributed by atoms with van der Waals surface area (Å²) in [5, 5.41) is 4.55. The van der Waals surface area contributed by atoms with Crippen LogP contribution in [-0.4, -0.2) is 7.11 Å². The van der Waals surface area contributed by atoms with E-state index in [4.69, 9.17) is 27.9 Å². The number of ether oxygens (including phenoxy) is 1. The summed E-state index contributed by atoms with van der Waals surface area (Å²) in [6.07, 6.45) is 0. The van der Waals surface area contributed by atoms with Gasteiger partial charge in [0.05, 0.1) is 27.3 Å². The summed E-state index contributed by atoms with van der Waals surface area (Å²) in [5.41, 5.74) is 1.85. The average molecular weight is 375 g/mol. The summed E-state index contributed by atoms with van der Waals surface area (Å²) in [7, 11) is 1.64. The summed E-state index contributed by atoms with van der Waals surface area (Å²) in [5.74, 6) is 0.803. The van der Waals surface area contributed by atoms with E-state index in [1.54, 1.807) is 7.11 Å². The van der Waals surface area contributed by atoms with Gasteiger partial charge < -0.3 is 10.1 Å². The van der Waals surface area contributed by atoms with Crippen LogP contribution in [0.1, 0.15) is 18.5 Å². The first-order valence-corrected chi connectivity index (χ1v) is 7.61. The fourth-order valence-electron chi connectivity index (χ4n) is 1.89. The molecule has 0 heterocycles. The third-order valence-corrected chi connectivity index (χ3v) is 4.25. The van der Waals surface area contributed by atoms with E-state index >= 15 is 0 Å². The lowest BCUT2D eigenvalue weighted by Crippen LogP contribution is -2.07. The van der Waals surface area contributed by atoms with Crippen LogP contribution in [0.25, 0.3) is 0 Å². The number of nitrogens with one attached hydrogen (secondary N) is 1. The van der Waals surface area contributed by atoms with Gasteiger partial charge in [0.2, 0.25) is 0 Å². The van der Waals surface area contributed by atoms with Crippen molar-refractivity contribution in [2.45, 2.75) is 13.0 Å². The zero-order chi connectivity index (χ0) is 14.7. The summed E-state index contributed by atoms with van der Waals surface area (Å²) in [4.78, 5) is 0. The Balaban J connectivity index is 2.24. The molecule has 2 rings (SSSR count). The number of para-hydroxylation sites is 1. The molecule has 1 N–H and O–H groups in total. The van der Waals surface area contributed by atoms with Crippen LogP contribution in [0.3, 0.4) is 0 Å². The average Bonchev–Trinajstić information content (AvgIpc) is 2.42. The van der Waals surface area contributed by atoms with Crippen LogP contribution >= 0.6 is 39.1 Å². The van der Waals surface area contributed by atoms with Crippen LogP contribution in [0, 0.1) is 0 Å². The lowest BCUT2D eigenvalue weighted by Gasteiger charge is -2.18. The van der Waals surface area contributed by atoms with Gasteiger partial charge in [-0.05, 0) is 52.7 Å². The molecule has 0 saturated heterocycles. The minimum absolute atomic E-state index is 0.0645. The molecule has 0 bridgehead atoms. The zero-order valence-electron chi connectivity index (χ0n) is 11.1. The third kappa shape index (κ3) is 3.40. The van der Waals surface area contributed by atoms with Gasteiger partial charge in [0.25, 0.3) is 0 Å². The molecule has 1 unspecified atom stereocenters. The smallest absolute Gasteiger partial charge is 0.133 e. The SMILES string of the molecule is COc1ccc(C(C)Nc2c(Cl)cccc2Cl)cc1Br. The maximum absolute atomic E-state index is 6.16. The Morgan fingerprint density at radius 2 is 1.80 bits per heavy atom. The third-order valence-electron chi connectivity index (χ3n) is 3.00. The lowest BCUT2D eigenvalue weighted by molar-refractivity contribution is 0.412. The molecule has 2 aromatic carbocycles. The molecule has 0 amide bonds. The van der Waals surface area contributed by atoms with Crippen LogP contribution in [-0.2, 0) is 0 Å². The Kier molecular flexibility index (Phi) is 5.19. The second kappa shape index (κ2) is 6.70. The molecule has 2 nitrogen and oxygen atoms in total. The molecule has 1 atom stereocenters. The zero-order valence-corrected chi connectivity index (χ0v) is 14.2. The highest BCUT2D eigenvalue weighted by Crippen LogP contribution is 2.34. The molecule has 0 saturated carbocycles. The topological polar surface area (TPSA) is 21.3 Å². The first kappa shape index (κ1) is 15.5. The second-order valence-corrected chi connectivity index (χ2v) is 6.03. The summed E-state index contributed by atoms with van der Waals surface area (Å²) < 4.78 is 6.14. The van der Waals surface area contributed by atoms with E-state index in [1.807, 2.05) is 43.3 Å². The number of hydrogen-bond acceptors (Lipinski definition) is 2. The maximum Gasteiger partial charge on any atom is 0.133 e. The number of hydrogen-bond donors (Lipinski definition) is 1. The van der Waals surface area contributed by atoms with Crippen LogP contribution in [0.15, 0.2) is 40.9 Å². The van der Waals surface area contributed by atoms with Crippen molar-refractivity contribution in [1.29, 1.82) is 0 Å². The highest BCUT2D eigenvalue weighted by Gasteiger charge is 2.12. The Bertz CT molecular complexity index is 599. The Hall–Kier alpha value is -0.900. The largest absolute Gasteiger partial charge is 0.496 e. The van der Waals surface area contributed by atoms with Crippen molar-refractivity contribution in [2.75, 3.05) is 12.4 Å². The summed E-state index contributed by atoms with van der Waals surface area (Å²) >= 11 is 15.8. The molecular formula is C15H14BrCl2NO. The first-order valence-electron chi connectivity index (χ1n) is 6.07. The fraction of sp³-hybridized carbons (Fsp3) is 0.200.